The number of hydrogen-bond acceptors (Lipinski definition) is 5. The van der Waals surface area contributed by atoms with Gasteiger partial charge in [0.15, 0.2) is 0 Å². The van der Waals surface area contributed by atoms with Crippen molar-refractivity contribution in [3.8, 4) is 11.5 Å². The van der Waals surface area contributed by atoms with E-state index in [1.54, 1.807) is 18.9 Å². The van der Waals surface area contributed by atoms with Crippen LogP contribution in [-0.2, 0) is 11.3 Å². The Balaban J connectivity index is 2.09. The molecular weight excluding hydrogens is 326 g/mol. The quantitative estimate of drug-likeness (QED) is 0.900. The summed E-state index contributed by atoms with van der Waals surface area (Å²) in [7, 11) is 1.70. The van der Waals surface area contributed by atoms with E-state index in [1.165, 1.54) is 0 Å². The molecule has 0 radical (unpaired) electrons. The Morgan fingerprint density at radius 3 is 2.65 bits per heavy atom. The maximum atomic E-state index is 10.9. The third-order valence-electron chi connectivity index (χ3n) is 2.96. The predicted molar refractivity (Wildman–Crippen MR) is 76.0 cm³/mol. The lowest BCUT2D eigenvalue weighted by molar-refractivity contribution is -0.142. The second-order valence-corrected chi connectivity index (χ2v) is 5.35. The molecule has 0 amide bonds. The van der Waals surface area contributed by atoms with Crippen molar-refractivity contribution in [3.05, 3.63) is 34.6 Å². The van der Waals surface area contributed by atoms with Gasteiger partial charge in [-0.25, -0.2) is 0 Å². The van der Waals surface area contributed by atoms with Crippen LogP contribution < -0.4 is 0 Å². The van der Waals surface area contributed by atoms with Gasteiger partial charge in [0.05, 0.1) is 6.54 Å². The van der Waals surface area contributed by atoms with Gasteiger partial charge in [-0.05, 0) is 38.2 Å². The largest absolute Gasteiger partial charge is 0.480 e. The molecule has 0 aliphatic rings. The Morgan fingerprint density at radius 2 is 2.05 bits per heavy atom. The maximum Gasteiger partial charge on any atom is 0.320 e. The Labute approximate surface area is 124 Å². The highest BCUT2D eigenvalue weighted by molar-refractivity contribution is 9.10. The molecule has 0 saturated heterocycles. The third kappa shape index (κ3) is 3.43. The zero-order chi connectivity index (χ0) is 14.7. The van der Waals surface area contributed by atoms with Gasteiger partial charge in [-0.1, -0.05) is 15.9 Å². The number of carboxylic acid groups (broad SMARTS) is 1. The summed E-state index contributed by atoms with van der Waals surface area (Å²) in [4.78, 5) is 12.5. The molecule has 2 aromatic rings. The SMILES string of the molecule is CC(C(=O)O)N(C)Cc1nnc(-c2ccc(Br)cc2)o1. The monoisotopic (exact) mass is 339 g/mol. The third-order valence-corrected chi connectivity index (χ3v) is 3.49. The second kappa shape index (κ2) is 6.15. The summed E-state index contributed by atoms with van der Waals surface area (Å²) in [5.74, 6) is -0.0810. The van der Waals surface area contributed by atoms with Crippen molar-refractivity contribution in [1.29, 1.82) is 0 Å². The zero-order valence-electron chi connectivity index (χ0n) is 11.1. The highest BCUT2D eigenvalue weighted by atomic mass is 79.9. The standard InChI is InChI=1S/C13H14BrN3O3/c1-8(13(18)19)17(2)7-11-15-16-12(20-11)9-3-5-10(14)6-4-9/h3-6,8H,7H2,1-2H3,(H,18,19). The number of likely N-dealkylation sites (N-methyl/N-ethyl adjacent to an activating group) is 1. The smallest absolute Gasteiger partial charge is 0.320 e. The van der Waals surface area contributed by atoms with E-state index in [0.29, 0.717) is 11.8 Å². The van der Waals surface area contributed by atoms with Crippen molar-refractivity contribution in [1.82, 2.24) is 15.1 Å². The molecule has 0 aliphatic carbocycles. The molecule has 0 aliphatic heterocycles. The number of aliphatic carboxylic acids is 1. The first-order valence-electron chi connectivity index (χ1n) is 5.98. The summed E-state index contributed by atoms with van der Waals surface area (Å²) < 4.78 is 6.51. The molecule has 7 heteroatoms. The lowest BCUT2D eigenvalue weighted by Gasteiger charge is -2.18. The first kappa shape index (κ1) is 14.7. The van der Waals surface area contributed by atoms with Gasteiger partial charge in [-0.3, -0.25) is 9.69 Å². The summed E-state index contributed by atoms with van der Waals surface area (Å²) in [6.45, 7) is 1.89. The van der Waals surface area contributed by atoms with Crippen molar-refractivity contribution in [2.24, 2.45) is 0 Å². The van der Waals surface area contributed by atoms with Gasteiger partial charge in [-0.15, -0.1) is 10.2 Å². The van der Waals surface area contributed by atoms with Gasteiger partial charge in [0.2, 0.25) is 11.8 Å². The number of hydrogen-bond donors (Lipinski definition) is 1. The molecule has 1 unspecified atom stereocenters. The maximum absolute atomic E-state index is 10.9. The van der Waals surface area contributed by atoms with Crippen LogP contribution in [0.25, 0.3) is 11.5 Å². The molecule has 1 aromatic heterocycles. The highest BCUT2D eigenvalue weighted by Crippen LogP contribution is 2.20. The minimum atomic E-state index is -0.889. The van der Waals surface area contributed by atoms with Gasteiger partial charge in [0, 0.05) is 10.0 Å². The molecule has 1 N–H and O–H groups in total. The van der Waals surface area contributed by atoms with E-state index in [-0.39, 0.29) is 6.54 Å². The van der Waals surface area contributed by atoms with Gasteiger partial charge in [0.25, 0.3) is 0 Å². The Kier molecular flexibility index (Phi) is 4.51. The van der Waals surface area contributed by atoms with Crippen LogP contribution in [0.2, 0.25) is 0 Å². The molecule has 0 fully saturated rings. The van der Waals surface area contributed by atoms with E-state index in [4.69, 9.17) is 9.52 Å². The van der Waals surface area contributed by atoms with Crippen molar-refractivity contribution in [3.63, 3.8) is 0 Å². The van der Waals surface area contributed by atoms with Crippen LogP contribution in [0, 0.1) is 0 Å². The lowest BCUT2D eigenvalue weighted by Crippen LogP contribution is -2.35. The van der Waals surface area contributed by atoms with Crippen molar-refractivity contribution in [2.45, 2.75) is 19.5 Å². The molecule has 1 aromatic carbocycles. The molecule has 106 valence electrons. The summed E-state index contributed by atoms with van der Waals surface area (Å²) in [6, 6.07) is 6.89. The van der Waals surface area contributed by atoms with E-state index in [2.05, 4.69) is 26.1 Å². The normalized spacial score (nSPS) is 12.6. The minimum absolute atomic E-state index is 0.289. The van der Waals surface area contributed by atoms with Crippen molar-refractivity contribution < 1.29 is 14.3 Å². The van der Waals surface area contributed by atoms with Crippen LogP contribution in [0.4, 0.5) is 0 Å². The van der Waals surface area contributed by atoms with E-state index in [0.717, 1.165) is 10.0 Å². The Hall–Kier alpha value is -1.73. The number of carboxylic acids is 1. The summed E-state index contributed by atoms with van der Waals surface area (Å²) in [6.07, 6.45) is 0. The number of carbonyl (C=O) groups is 1. The fourth-order valence-corrected chi connectivity index (χ4v) is 1.83. The molecule has 0 spiro atoms. The van der Waals surface area contributed by atoms with Crippen molar-refractivity contribution in [2.75, 3.05) is 7.05 Å². The fraction of sp³-hybridized carbons (Fsp3) is 0.308. The summed E-state index contributed by atoms with van der Waals surface area (Å²) in [5, 5.41) is 16.8. The van der Waals surface area contributed by atoms with Gasteiger partial charge >= 0.3 is 5.97 Å². The summed E-state index contributed by atoms with van der Waals surface area (Å²) >= 11 is 3.36. The van der Waals surface area contributed by atoms with Crippen LogP contribution in [-0.4, -0.2) is 39.3 Å². The minimum Gasteiger partial charge on any atom is -0.480 e. The van der Waals surface area contributed by atoms with Crippen LogP contribution in [0.5, 0.6) is 0 Å². The highest BCUT2D eigenvalue weighted by Gasteiger charge is 2.19. The topological polar surface area (TPSA) is 79.5 Å². The lowest BCUT2D eigenvalue weighted by atomic mass is 10.2. The zero-order valence-corrected chi connectivity index (χ0v) is 12.7. The van der Waals surface area contributed by atoms with Crippen LogP contribution in [0.1, 0.15) is 12.8 Å². The molecule has 1 heterocycles. The van der Waals surface area contributed by atoms with Gasteiger partial charge in [-0.2, -0.15) is 0 Å². The molecule has 6 nitrogen and oxygen atoms in total. The number of nitrogens with zero attached hydrogens (tertiary/aromatic N) is 3. The van der Waals surface area contributed by atoms with Gasteiger partial charge in [0.1, 0.15) is 6.04 Å². The second-order valence-electron chi connectivity index (χ2n) is 4.44. The number of benzene rings is 1. The number of rotatable bonds is 5. The fourth-order valence-electron chi connectivity index (χ4n) is 1.57. The average Bonchev–Trinajstić information content (AvgIpc) is 2.87. The Bertz CT molecular complexity index is 597. The molecule has 1 atom stereocenters. The number of aromatic nitrogens is 2. The molecular formula is C13H14BrN3O3. The van der Waals surface area contributed by atoms with Crippen LogP contribution >= 0.6 is 15.9 Å². The van der Waals surface area contributed by atoms with Crippen LogP contribution in [0.15, 0.2) is 33.2 Å². The average molecular weight is 340 g/mol. The van der Waals surface area contributed by atoms with E-state index in [1.807, 2.05) is 24.3 Å². The molecule has 0 bridgehead atoms. The molecule has 0 saturated carbocycles. The van der Waals surface area contributed by atoms with Crippen molar-refractivity contribution >= 4 is 21.9 Å². The van der Waals surface area contributed by atoms with Crippen LogP contribution in [0.3, 0.4) is 0 Å². The van der Waals surface area contributed by atoms with E-state index in [9.17, 15) is 4.79 Å². The van der Waals surface area contributed by atoms with E-state index < -0.39 is 12.0 Å². The first-order chi connectivity index (χ1) is 9.47. The molecule has 20 heavy (non-hydrogen) atoms. The first-order valence-corrected chi connectivity index (χ1v) is 6.78. The van der Waals surface area contributed by atoms with E-state index >= 15 is 0 Å². The predicted octanol–water partition coefficient (Wildman–Crippen LogP) is 2.40. The summed E-state index contributed by atoms with van der Waals surface area (Å²) in [5.41, 5.74) is 0.820. The van der Waals surface area contributed by atoms with Gasteiger partial charge < -0.3 is 9.52 Å². The molecule has 2 rings (SSSR count). The number of halogens is 1. The Morgan fingerprint density at radius 1 is 1.40 bits per heavy atom.